The van der Waals surface area contributed by atoms with Gasteiger partial charge in [0.25, 0.3) is 0 Å². The van der Waals surface area contributed by atoms with Crippen molar-refractivity contribution in [1.29, 1.82) is 0 Å². The van der Waals surface area contributed by atoms with Crippen LogP contribution >= 0.6 is 22.9 Å². The lowest BCUT2D eigenvalue weighted by Crippen LogP contribution is -2.37. The molecule has 0 radical (unpaired) electrons. The van der Waals surface area contributed by atoms with Crippen molar-refractivity contribution in [3.05, 3.63) is 22.4 Å². The first-order valence-corrected chi connectivity index (χ1v) is 7.97. The third-order valence-electron chi connectivity index (χ3n) is 4.25. The molecule has 1 saturated carbocycles. The summed E-state index contributed by atoms with van der Waals surface area (Å²) in [5.41, 5.74) is 0.331. The Morgan fingerprint density at radius 2 is 2.18 bits per heavy atom. The smallest absolute Gasteiger partial charge is 0.0372 e. The predicted octanol–water partition coefficient (Wildman–Crippen LogP) is 5.36. The number of hydrogen-bond acceptors (Lipinski definition) is 1. The first-order valence-electron chi connectivity index (χ1n) is 6.65. The summed E-state index contributed by atoms with van der Waals surface area (Å²) >= 11 is 8.48. The van der Waals surface area contributed by atoms with Crippen LogP contribution in [0.3, 0.4) is 0 Å². The zero-order valence-corrected chi connectivity index (χ0v) is 12.7. The number of rotatable bonds is 3. The highest BCUT2D eigenvalue weighted by Crippen LogP contribution is 2.44. The fourth-order valence-corrected chi connectivity index (χ4v) is 4.90. The summed E-state index contributed by atoms with van der Waals surface area (Å²) in [6.07, 6.45) is 5.02. The standard InChI is InChI=1S/C15H23ClS/c1-11-6-7-13(14(16)9-11)15(2,3)10-12-5-4-8-17-12/h4-5,8,11,13-14H,6-7,9-10H2,1-3H3. The molecule has 3 atom stereocenters. The monoisotopic (exact) mass is 270 g/mol. The second-order valence-corrected chi connectivity index (χ2v) is 7.88. The van der Waals surface area contributed by atoms with E-state index in [1.54, 1.807) is 0 Å². The topological polar surface area (TPSA) is 0 Å². The van der Waals surface area contributed by atoms with Crippen molar-refractivity contribution >= 4 is 22.9 Å². The van der Waals surface area contributed by atoms with Gasteiger partial charge in [-0.1, -0.05) is 33.3 Å². The van der Waals surface area contributed by atoms with Gasteiger partial charge in [-0.2, -0.15) is 0 Å². The van der Waals surface area contributed by atoms with E-state index in [9.17, 15) is 0 Å². The maximum Gasteiger partial charge on any atom is 0.0372 e. The van der Waals surface area contributed by atoms with Gasteiger partial charge in [0.1, 0.15) is 0 Å². The highest BCUT2D eigenvalue weighted by atomic mass is 35.5. The molecule has 1 aliphatic carbocycles. The lowest BCUT2D eigenvalue weighted by molar-refractivity contribution is 0.142. The number of alkyl halides is 1. The summed E-state index contributed by atoms with van der Waals surface area (Å²) in [5, 5.41) is 2.54. The van der Waals surface area contributed by atoms with Gasteiger partial charge in [0.05, 0.1) is 0 Å². The zero-order chi connectivity index (χ0) is 12.5. The molecule has 1 aromatic heterocycles. The van der Waals surface area contributed by atoms with E-state index < -0.39 is 0 Å². The minimum absolute atomic E-state index is 0.331. The fraction of sp³-hybridized carbons (Fsp3) is 0.733. The van der Waals surface area contributed by atoms with Crippen LogP contribution in [0.25, 0.3) is 0 Å². The average Bonchev–Trinajstić information content (AvgIpc) is 2.68. The number of hydrogen-bond donors (Lipinski definition) is 0. The summed E-state index contributed by atoms with van der Waals surface area (Å²) in [5.74, 6) is 1.48. The van der Waals surface area contributed by atoms with Crippen LogP contribution < -0.4 is 0 Å². The molecule has 0 saturated heterocycles. The Hall–Kier alpha value is -0.0100. The molecule has 0 nitrogen and oxygen atoms in total. The SMILES string of the molecule is CC1CCC(C(C)(C)Cc2cccs2)C(Cl)C1. The van der Waals surface area contributed by atoms with E-state index in [1.807, 2.05) is 11.3 Å². The molecule has 2 rings (SSSR count). The van der Waals surface area contributed by atoms with E-state index in [2.05, 4.69) is 38.3 Å². The van der Waals surface area contributed by atoms with Crippen LogP contribution in [0, 0.1) is 17.3 Å². The summed E-state index contributed by atoms with van der Waals surface area (Å²) in [7, 11) is 0. The van der Waals surface area contributed by atoms with Crippen LogP contribution in [-0.2, 0) is 6.42 Å². The largest absolute Gasteiger partial charge is 0.149 e. The molecule has 1 aromatic rings. The molecule has 17 heavy (non-hydrogen) atoms. The lowest BCUT2D eigenvalue weighted by atomic mass is 9.67. The first kappa shape index (κ1) is 13.4. The third-order valence-corrected chi connectivity index (χ3v) is 5.61. The molecule has 1 heterocycles. The summed E-state index contributed by atoms with van der Waals surface area (Å²) in [6, 6.07) is 4.40. The zero-order valence-electron chi connectivity index (χ0n) is 11.1. The van der Waals surface area contributed by atoms with Gasteiger partial charge in [0.2, 0.25) is 0 Å². The van der Waals surface area contributed by atoms with Gasteiger partial charge in [-0.15, -0.1) is 22.9 Å². The molecule has 1 aliphatic rings. The van der Waals surface area contributed by atoms with E-state index in [0.717, 1.165) is 5.92 Å². The van der Waals surface area contributed by atoms with Crippen LogP contribution in [0.15, 0.2) is 17.5 Å². The van der Waals surface area contributed by atoms with Crippen LogP contribution in [0.2, 0.25) is 0 Å². The molecule has 0 aliphatic heterocycles. The van der Waals surface area contributed by atoms with Gasteiger partial charge in [0.15, 0.2) is 0 Å². The minimum Gasteiger partial charge on any atom is -0.149 e. The maximum atomic E-state index is 6.61. The molecule has 0 bridgehead atoms. The second kappa shape index (κ2) is 5.32. The van der Waals surface area contributed by atoms with Gasteiger partial charge in [-0.3, -0.25) is 0 Å². The van der Waals surface area contributed by atoms with Gasteiger partial charge in [-0.25, -0.2) is 0 Å². The Labute approximate surface area is 114 Å². The summed E-state index contributed by atoms with van der Waals surface area (Å²) in [4.78, 5) is 1.50. The molecule has 0 amide bonds. The van der Waals surface area contributed by atoms with Gasteiger partial charge >= 0.3 is 0 Å². The highest BCUT2D eigenvalue weighted by Gasteiger charge is 2.38. The Morgan fingerprint density at radius 3 is 2.76 bits per heavy atom. The molecular formula is C15H23ClS. The number of thiophene rings is 1. The van der Waals surface area contributed by atoms with Crippen molar-refractivity contribution in [2.24, 2.45) is 17.3 Å². The lowest BCUT2D eigenvalue weighted by Gasteiger charge is -2.41. The predicted molar refractivity (Wildman–Crippen MR) is 78.0 cm³/mol. The van der Waals surface area contributed by atoms with Crippen LogP contribution in [0.4, 0.5) is 0 Å². The molecule has 0 N–H and O–H groups in total. The van der Waals surface area contributed by atoms with E-state index in [0.29, 0.717) is 16.7 Å². The van der Waals surface area contributed by atoms with Crippen LogP contribution in [-0.4, -0.2) is 5.38 Å². The summed E-state index contributed by atoms with van der Waals surface area (Å²) in [6.45, 7) is 7.11. The van der Waals surface area contributed by atoms with Crippen LogP contribution in [0.5, 0.6) is 0 Å². The van der Waals surface area contributed by atoms with Crippen molar-refractivity contribution in [2.45, 2.75) is 51.8 Å². The minimum atomic E-state index is 0.331. The first-order chi connectivity index (χ1) is 7.99. The third kappa shape index (κ3) is 3.26. The Morgan fingerprint density at radius 1 is 1.41 bits per heavy atom. The second-order valence-electron chi connectivity index (χ2n) is 6.29. The normalized spacial score (nSPS) is 30.5. The molecule has 1 fully saturated rings. The van der Waals surface area contributed by atoms with Gasteiger partial charge < -0.3 is 0 Å². The fourth-order valence-electron chi connectivity index (χ4n) is 3.19. The van der Waals surface area contributed by atoms with Crippen molar-refractivity contribution in [3.63, 3.8) is 0 Å². The Bertz CT molecular complexity index is 342. The van der Waals surface area contributed by atoms with E-state index in [-0.39, 0.29) is 0 Å². The molecule has 0 aromatic carbocycles. The number of halogens is 1. The van der Waals surface area contributed by atoms with Gasteiger partial charge in [0, 0.05) is 10.3 Å². The van der Waals surface area contributed by atoms with Crippen LogP contribution in [0.1, 0.15) is 44.9 Å². The highest BCUT2D eigenvalue weighted by molar-refractivity contribution is 7.09. The molecule has 2 heteroatoms. The van der Waals surface area contributed by atoms with E-state index >= 15 is 0 Å². The molecule has 3 unspecified atom stereocenters. The molecule has 96 valence electrons. The van der Waals surface area contributed by atoms with Crippen molar-refractivity contribution in [2.75, 3.05) is 0 Å². The Balaban J connectivity index is 2.04. The maximum absolute atomic E-state index is 6.61. The average molecular weight is 271 g/mol. The van der Waals surface area contributed by atoms with Crippen molar-refractivity contribution in [1.82, 2.24) is 0 Å². The van der Waals surface area contributed by atoms with Gasteiger partial charge in [-0.05, 0) is 48.0 Å². The van der Waals surface area contributed by atoms with E-state index in [1.165, 1.54) is 30.6 Å². The quantitative estimate of drug-likeness (QED) is 0.649. The summed E-state index contributed by atoms with van der Waals surface area (Å²) < 4.78 is 0. The van der Waals surface area contributed by atoms with Crippen molar-refractivity contribution < 1.29 is 0 Å². The van der Waals surface area contributed by atoms with E-state index in [4.69, 9.17) is 11.6 Å². The molecule has 0 spiro atoms. The molecular weight excluding hydrogens is 248 g/mol. The van der Waals surface area contributed by atoms with Crippen molar-refractivity contribution in [3.8, 4) is 0 Å². The Kier molecular flexibility index (Phi) is 4.20.